The Bertz CT molecular complexity index is 456. The fraction of sp³-hybridized carbons (Fsp3) is 0.600. The monoisotopic (exact) mass is 282 g/mol. The molecule has 106 valence electrons. The first-order valence-corrected chi connectivity index (χ1v) is 7.08. The summed E-state index contributed by atoms with van der Waals surface area (Å²) in [6.45, 7) is 7.62. The smallest absolute Gasteiger partial charge is 0.125 e. The third-order valence-electron chi connectivity index (χ3n) is 3.83. The highest BCUT2D eigenvalue weighted by Gasteiger charge is 2.41. The van der Waals surface area contributed by atoms with E-state index in [1.54, 1.807) is 7.11 Å². The number of hydrogen-bond donors (Lipinski definition) is 1. The van der Waals surface area contributed by atoms with Crippen molar-refractivity contribution >= 4 is 11.6 Å². The summed E-state index contributed by atoms with van der Waals surface area (Å²) in [5, 5.41) is 0.732. The van der Waals surface area contributed by atoms with Crippen molar-refractivity contribution in [3.05, 3.63) is 28.8 Å². The van der Waals surface area contributed by atoms with Crippen LogP contribution in [0.3, 0.4) is 0 Å². The summed E-state index contributed by atoms with van der Waals surface area (Å²) in [5.74, 6) is 0.823. The minimum absolute atomic E-state index is 0.0585. The first kappa shape index (κ1) is 14.6. The molecule has 1 aromatic rings. The van der Waals surface area contributed by atoms with Gasteiger partial charge < -0.3 is 10.5 Å². The maximum Gasteiger partial charge on any atom is 0.125 e. The number of ether oxygens (including phenoxy) is 1. The Kier molecular flexibility index (Phi) is 4.09. The lowest BCUT2D eigenvalue weighted by Crippen LogP contribution is -2.43. The Balaban J connectivity index is 2.49. The van der Waals surface area contributed by atoms with Crippen LogP contribution in [0.2, 0.25) is 5.02 Å². The molecule has 1 heterocycles. The number of nitrogens with zero attached hydrogens (tertiary/aromatic N) is 1. The second-order valence-corrected chi connectivity index (χ2v) is 6.52. The molecule has 3 nitrogen and oxygen atoms in total. The lowest BCUT2D eigenvalue weighted by molar-refractivity contribution is 0.115. The number of rotatable bonds is 2. The summed E-state index contributed by atoms with van der Waals surface area (Å²) in [6.07, 6.45) is 0.982. The number of methoxy groups -OCH3 is 1. The number of benzene rings is 1. The van der Waals surface area contributed by atoms with Crippen LogP contribution in [0.25, 0.3) is 0 Å². The molecule has 0 radical (unpaired) electrons. The van der Waals surface area contributed by atoms with Gasteiger partial charge in [0.1, 0.15) is 5.75 Å². The molecule has 19 heavy (non-hydrogen) atoms. The fourth-order valence-corrected chi connectivity index (χ4v) is 3.20. The number of likely N-dealkylation sites (tertiary alicyclic amines) is 1. The standard InChI is InChI=1S/C15H23ClN2O/c1-15(2,3)18-9-8-11(17)14(18)13-10(16)6-5-7-12(13)19-4/h5-7,11,14H,8-9,17H2,1-4H3. The minimum Gasteiger partial charge on any atom is -0.496 e. The fourth-order valence-electron chi connectivity index (χ4n) is 2.92. The molecule has 0 spiro atoms. The van der Waals surface area contributed by atoms with E-state index in [0.29, 0.717) is 0 Å². The molecule has 1 aliphatic rings. The van der Waals surface area contributed by atoms with Gasteiger partial charge in [0, 0.05) is 28.7 Å². The summed E-state index contributed by atoms with van der Waals surface area (Å²) in [7, 11) is 1.68. The summed E-state index contributed by atoms with van der Waals surface area (Å²) in [5.41, 5.74) is 7.41. The average Bonchev–Trinajstić information content (AvgIpc) is 2.70. The molecular weight excluding hydrogens is 260 g/mol. The van der Waals surface area contributed by atoms with Crippen molar-refractivity contribution in [1.82, 2.24) is 4.90 Å². The van der Waals surface area contributed by atoms with Crippen LogP contribution < -0.4 is 10.5 Å². The van der Waals surface area contributed by atoms with E-state index in [1.807, 2.05) is 18.2 Å². The van der Waals surface area contributed by atoms with E-state index in [9.17, 15) is 0 Å². The van der Waals surface area contributed by atoms with E-state index >= 15 is 0 Å². The van der Waals surface area contributed by atoms with Crippen molar-refractivity contribution in [2.75, 3.05) is 13.7 Å². The highest BCUT2D eigenvalue weighted by atomic mass is 35.5. The minimum atomic E-state index is 0.0585. The molecule has 0 bridgehead atoms. The number of nitrogens with two attached hydrogens (primary N) is 1. The zero-order valence-corrected chi connectivity index (χ0v) is 12.9. The van der Waals surface area contributed by atoms with Crippen LogP contribution in [0.1, 0.15) is 38.8 Å². The van der Waals surface area contributed by atoms with Crippen LogP contribution in [-0.2, 0) is 0 Å². The lowest BCUT2D eigenvalue weighted by Gasteiger charge is -2.38. The molecule has 2 rings (SSSR count). The van der Waals surface area contributed by atoms with Crippen molar-refractivity contribution in [3.63, 3.8) is 0 Å². The van der Waals surface area contributed by atoms with E-state index in [4.69, 9.17) is 22.1 Å². The summed E-state index contributed by atoms with van der Waals surface area (Å²) in [6, 6.07) is 5.97. The summed E-state index contributed by atoms with van der Waals surface area (Å²) >= 11 is 6.41. The predicted octanol–water partition coefficient (Wildman–Crippen LogP) is 3.22. The third-order valence-corrected chi connectivity index (χ3v) is 4.16. The number of halogens is 1. The zero-order valence-electron chi connectivity index (χ0n) is 12.1. The zero-order chi connectivity index (χ0) is 14.2. The van der Waals surface area contributed by atoms with Gasteiger partial charge in [0.25, 0.3) is 0 Å². The topological polar surface area (TPSA) is 38.5 Å². The maximum atomic E-state index is 6.41. The van der Waals surface area contributed by atoms with Gasteiger partial charge in [-0.15, -0.1) is 0 Å². The van der Waals surface area contributed by atoms with E-state index in [1.165, 1.54) is 0 Å². The van der Waals surface area contributed by atoms with Crippen LogP contribution in [0.15, 0.2) is 18.2 Å². The van der Waals surface area contributed by atoms with Gasteiger partial charge >= 0.3 is 0 Å². The van der Waals surface area contributed by atoms with Gasteiger partial charge in [-0.1, -0.05) is 17.7 Å². The first-order chi connectivity index (χ1) is 8.86. The molecule has 0 saturated carbocycles. The molecular formula is C15H23ClN2O. The molecule has 2 atom stereocenters. The molecule has 2 unspecified atom stereocenters. The van der Waals surface area contributed by atoms with Crippen LogP contribution in [0.5, 0.6) is 5.75 Å². The van der Waals surface area contributed by atoms with Gasteiger partial charge in [-0.3, -0.25) is 4.90 Å². The Hall–Kier alpha value is -0.770. The van der Waals surface area contributed by atoms with Crippen LogP contribution in [0, 0.1) is 0 Å². The highest BCUT2D eigenvalue weighted by Crippen LogP contribution is 2.43. The molecule has 1 aliphatic heterocycles. The van der Waals surface area contributed by atoms with Crippen LogP contribution in [-0.4, -0.2) is 30.1 Å². The SMILES string of the molecule is COc1cccc(Cl)c1C1C(N)CCN1C(C)(C)C. The van der Waals surface area contributed by atoms with Crippen LogP contribution in [0.4, 0.5) is 0 Å². The van der Waals surface area contributed by atoms with Gasteiger partial charge in [0.2, 0.25) is 0 Å². The van der Waals surface area contributed by atoms with Crippen molar-refractivity contribution in [2.24, 2.45) is 5.73 Å². The average molecular weight is 283 g/mol. The molecule has 0 amide bonds. The van der Waals surface area contributed by atoms with Gasteiger partial charge in [-0.05, 0) is 39.3 Å². The molecule has 1 fully saturated rings. The largest absolute Gasteiger partial charge is 0.496 e. The Morgan fingerprint density at radius 3 is 2.63 bits per heavy atom. The van der Waals surface area contributed by atoms with E-state index < -0.39 is 0 Å². The Labute approximate surface area is 120 Å². The van der Waals surface area contributed by atoms with Crippen LogP contribution >= 0.6 is 11.6 Å². The van der Waals surface area contributed by atoms with Crippen molar-refractivity contribution in [3.8, 4) is 5.75 Å². The van der Waals surface area contributed by atoms with Gasteiger partial charge in [0.15, 0.2) is 0 Å². The summed E-state index contributed by atoms with van der Waals surface area (Å²) < 4.78 is 5.48. The molecule has 0 aliphatic carbocycles. The van der Waals surface area contributed by atoms with Crippen molar-refractivity contribution in [2.45, 2.75) is 44.8 Å². The molecule has 0 aromatic heterocycles. The van der Waals surface area contributed by atoms with Crippen molar-refractivity contribution in [1.29, 1.82) is 0 Å². The molecule has 4 heteroatoms. The predicted molar refractivity (Wildman–Crippen MR) is 79.8 cm³/mol. The molecule has 1 aromatic carbocycles. The van der Waals surface area contributed by atoms with Gasteiger partial charge in [0.05, 0.1) is 13.2 Å². The maximum absolute atomic E-state index is 6.41. The quantitative estimate of drug-likeness (QED) is 0.905. The van der Waals surface area contributed by atoms with E-state index in [0.717, 1.165) is 29.3 Å². The normalized spacial score (nSPS) is 24.7. The lowest BCUT2D eigenvalue weighted by atomic mass is 9.96. The highest BCUT2D eigenvalue weighted by molar-refractivity contribution is 6.31. The Morgan fingerprint density at radius 2 is 2.05 bits per heavy atom. The van der Waals surface area contributed by atoms with Gasteiger partial charge in [-0.2, -0.15) is 0 Å². The number of hydrogen-bond acceptors (Lipinski definition) is 3. The third kappa shape index (κ3) is 2.73. The van der Waals surface area contributed by atoms with Gasteiger partial charge in [-0.25, -0.2) is 0 Å². The second-order valence-electron chi connectivity index (χ2n) is 6.12. The molecule has 1 saturated heterocycles. The second kappa shape index (κ2) is 5.31. The van der Waals surface area contributed by atoms with E-state index in [2.05, 4.69) is 25.7 Å². The van der Waals surface area contributed by atoms with Crippen molar-refractivity contribution < 1.29 is 4.74 Å². The summed E-state index contributed by atoms with van der Waals surface area (Å²) in [4.78, 5) is 2.42. The first-order valence-electron chi connectivity index (χ1n) is 6.71. The molecule has 2 N–H and O–H groups in total. The Morgan fingerprint density at radius 1 is 1.37 bits per heavy atom. The van der Waals surface area contributed by atoms with E-state index in [-0.39, 0.29) is 17.6 Å².